The Morgan fingerprint density at radius 1 is 1.12 bits per heavy atom. The number of hydrogen-bond donors (Lipinski definition) is 3. The molecule has 1 aromatic carbocycles. The molecule has 0 radical (unpaired) electrons. The van der Waals surface area contributed by atoms with E-state index < -0.39 is 12.2 Å². The third-order valence-electron chi connectivity index (χ3n) is 2.91. The summed E-state index contributed by atoms with van der Waals surface area (Å²) >= 11 is 4.05. The van der Waals surface area contributed by atoms with Gasteiger partial charge in [0.1, 0.15) is 6.10 Å². The van der Waals surface area contributed by atoms with Crippen molar-refractivity contribution in [2.24, 2.45) is 0 Å². The molecule has 0 aliphatic heterocycles. The Morgan fingerprint density at radius 3 is 2.06 bits per heavy atom. The average Bonchev–Trinajstić information content (AvgIpc) is 2.27. The van der Waals surface area contributed by atoms with Crippen LogP contribution in [0, 0.1) is 0 Å². The molecule has 0 aromatic heterocycles. The van der Waals surface area contributed by atoms with E-state index >= 15 is 0 Å². The molecule has 2 atom stereocenters. The van der Waals surface area contributed by atoms with E-state index in [1.807, 2.05) is 24.3 Å². The fourth-order valence-electron chi connectivity index (χ4n) is 1.69. The van der Waals surface area contributed by atoms with Crippen LogP contribution in [0.3, 0.4) is 0 Å². The molecule has 2 N–H and O–H groups in total. The normalized spacial score (nSPS) is 15.6. The lowest BCUT2D eigenvalue weighted by Crippen LogP contribution is -2.19. The lowest BCUT2D eigenvalue weighted by Gasteiger charge is -2.21. The van der Waals surface area contributed by atoms with Gasteiger partial charge >= 0.3 is 0 Å². The van der Waals surface area contributed by atoms with Gasteiger partial charge in [-0.25, -0.2) is 0 Å². The average molecular weight is 254 g/mol. The Kier molecular flexibility index (Phi) is 5.04. The zero-order chi connectivity index (χ0) is 13.1. The first-order valence-corrected chi connectivity index (χ1v) is 6.57. The highest BCUT2D eigenvalue weighted by Crippen LogP contribution is 2.25. The quantitative estimate of drug-likeness (QED) is 0.723. The summed E-state index contributed by atoms with van der Waals surface area (Å²) < 4.78 is 0. The molecule has 17 heavy (non-hydrogen) atoms. The van der Waals surface area contributed by atoms with Gasteiger partial charge in [-0.15, -0.1) is 0 Å². The highest BCUT2D eigenvalue weighted by atomic mass is 32.1. The van der Waals surface area contributed by atoms with Gasteiger partial charge < -0.3 is 10.2 Å². The van der Waals surface area contributed by atoms with Crippen LogP contribution in [0.2, 0.25) is 0 Å². The largest absolute Gasteiger partial charge is 0.390 e. The maximum Gasteiger partial charge on any atom is 0.105 e. The lowest BCUT2D eigenvalue weighted by atomic mass is 9.86. The second kappa shape index (κ2) is 5.89. The fourth-order valence-corrected chi connectivity index (χ4v) is 1.96. The molecular weight excluding hydrogens is 232 g/mol. The van der Waals surface area contributed by atoms with Crippen LogP contribution in [-0.2, 0) is 5.41 Å². The van der Waals surface area contributed by atoms with Crippen LogP contribution in [-0.4, -0.2) is 22.1 Å². The number of aliphatic hydroxyl groups excluding tert-OH is 2. The van der Waals surface area contributed by atoms with Gasteiger partial charge in [-0.05, 0) is 28.7 Å². The zero-order valence-electron chi connectivity index (χ0n) is 10.7. The summed E-state index contributed by atoms with van der Waals surface area (Å²) in [6.45, 7) is 6.44. The summed E-state index contributed by atoms with van der Waals surface area (Å²) in [7, 11) is 0. The van der Waals surface area contributed by atoms with E-state index in [9.17, 15) is 10.2 Å². The lowest BCUT2D eigenvalue weighted by molar-refractivity contribution is 0.0172. The predicted octanol–water partition coefficient (Wildman–Crippen LogP) is 2.70. The molecule has 1 rings (SSSR count). The molecule has 0 heterocycles. The van der Waals surface area contributed by atoms with Crippen LogP contribution in [0.15, 0.2) is 24.3 Å². The van der Waals surface area contributed by atoms with Crippen LogP contribution in [0.4, 0.5) is 0 Å². The van der Waals surface area contributed by atoms with Crippen LogP contribution in [0.5, 0.6) is 0 Å². The van der Waals surface area contributed by atoms with Crippen LogP contribution in [0.1, 0.15) is 44.4 Å². The minimum absolute atomic E-state index is 0.104. The molecule has 0 spiro atoms. The summed E-state index contributed by atoms with van der Waals surface area (Å²) in [5.41, 5.74) is 2.08. The molecule has 0 fully saturated rings. The van der Waals surface area contributed by atoms with Gasteiger partial charge in [0.25, 0.3) is 0 Å². The van der Waals surface area contributed by atoms with Crippen molar-refractivity contribution in [1.82, 2.24) is 0 Å². The number of benzene rings is 1. The van der Waals surface area contributed by atoms with Crippen molar-refractivity contribution in [1.29, 1.82) is 0 Å². The molecule has 1 aromatic rings. The standard InChI is InChI=1S/C14H22O2S/c1-14(2,3)11-6-4-10(5-7-11)13(16)12(15)8-9-17/h4-7,12-13,15-17H,8-9H2,1-3H3. The molecular formula is C14H22O2S. The van der Waals surface area contributed by atoms with E-state index in [1.165, 1.54) is 5.56 Å². The topological polar surface area (TPSA) is 40.5 Å². The molecule has 0 saturated heterocycles. The molecule has 2 nitrogen and oxygen atoms in total. The van der Waals surface area contributed by atoms with E-state index in [4.69, 9.17) is 0 Å². The second-order valence-electron chi connectivity index (χ2n) is 5.40. The summed E-state index contributed by atoms with van der Waals surface area (Å²) in [4.78, 5) is 0. The third-order valence-corrected chi connectivity index (χ3v) is 3.17. The third kappa shape index (κ3) is 4.02. The number of hydrogen-bond acceptors (Lipinski definition) is 3. The number of rotatable bonds is 4. The highest BCUT2D eigenvalue weighted by molar-refractivity contribution is 7.80. The molecule has 0 aliphatic carbocycles. The Bertz CT molecular complexity index is 340. The first-order valence-electron chi connectivity index (χ1n) is 5.93. The summed E-state index contributed by atoms with van der Waals surface area (Å²) in [6.07, 6.45) is -1.07. The Balaban J connectivity index is 2.80. The molecule has 0 saturated carbocycles. The summed E-state index contributed by atoms with van der Waals surface area (Å²) in [5, 5.41) is 19.6. The van der Waals surface area contributed by atoms with Crippen LogP contribution >= 0.6 is 12.6 Å². The fraction of sp³-hybridized carbons (Fsp3) is 0.571. The van der Waals surface area contributed by atoms with Gasteiger partial charge in [0.15, 0.2) is 0 Å². The summed E-state index contributed by atoms with van der Waals surface area (Å²) in [6, 6.07) is 7.78. The first kappa shape index (κ1) is 14.6. The monoisotopic (exact) mass is 254 g/mol. The van der Waals surface area contributed by atoms with Gasteiger partial charge in [-0.3, -0.25) is 0 Å². The van der Waals surface area contributed by atoms with Crippen molar-refractivity contribution >= 4 is 12.6 Å². The van der Waals surface area contributed by atoms with Crippen molar-refractivity contribution in [2.75, 3.05) is 5.75 Å². The van der Waals surface area contributed by atoms with Crippen LogP contribution < -0.4 is 0 Å². The van der Waals surface area contributed by atoms with Gasteiger partial charge in [-0.1, -0.05) is 45.0 Å². The Labute approximate surface area is 109 Å². The Morgan fingerprint density at radius 2 is 1.65 bits per heavy atom. The maximum atomic E-state index is 9.93. The molecule has 0 aliphatic rings. The number of aliphatic hydroxyl groups is 2. The van der Waals surface area contributed by atoms with Gasteiger partial charge in [-0.2, -0.15) is 12.6 Å². The van der Waals surface area contributed by atoms with Crippen molar-refractivity contribution in [2.45, 2.75) is 44.8 Å². The Hall–Kier alpha value is -0.510. The SMILES string of the molecule is CC(C)(C)c1ccc(C(O)C(O)CCS)cc1. The van der Waals surface area contributed by atoms with Gasteiger partial charge in [0.2, 0.25) is 0 Å². The van der Waals surface area contributed by atoms with Crippen molar-refractivity contribution < 1.29 is 10.2 Å². The maximum absolute atomic E-state index is 9.93. The molecule has 0 bridgehead atoms. The van der Waals surface area contributed by atoms with Gasteiger partial charge in [0.05, 0.1) is 6.10 Å². The van der Waals surface area contributed by atoms with E-state index in [1.54, 1.807) is 0 Å². The van der Waals surface area contributed by atoms with E-state index in [0.717, 1.165) is 5.56 Å². The minimum atomic E-state index is -0.823. The highest BCUT2D eigenvalue weighted by Gasteiger charge is 2.19. The second-order valence-corrected chi connectivity index (χ2v) is 5.84. The van der Waals surface area contributed by atoms with E-state index in [2.05, 4.69) is 33.4 Å². The van der Waals surface area contributed by atoms with Crippen molar-refractivity contribution in [3.8, 4) is 0 Å². The van der Waals surface area contributed by atoms with Crippen molar-refractivity contribution in [3.05, 3.63) is 35.4 Å². The smallest absolute Gasteiger partial charge is 0.105 e. The number of thiol groups is 1. The molecule has 0 amide bonds. The molecule has 3 heteroatoms. The van der Waals surface area contributed by atoms with Crippen molar-refractivity contribution in [3.63, 3.8) is 0 Å². The molecule has 2 unspecified atom stereocenters. The van der Waals surface area contributed by atoms with E-state index in [0.29, 0.717) is 12.2 Å². The molecule has 96 valence electrons. The minimum Gasteiger partial charge on any atom is -0.390 e. The van der Waals surface area contributed by atoms with E-state index in [-0.39, 0.29) is 5.41 Å². The summed E-state index contributed by atoms with van der Waals surface area (Å²) in [5.74, 6) is 0.568. The first-order chi connectivity index (χ1) is 7.86. The predicted molar refractivity (Wildman–Crippen MR) is 74.6 cm³/mol. The van der Waals surface area contributed by atoms with Crippen LogP contribution in [0.25, 0.3) is 0 Å². The van der Waals surface area contributed by atoms with Gasteiger partial charge in [0, 0.05) is 0 Å². The zero-order valence-corrected chi connectivity index (χ0v) is 11.6.